The van der Waals surface area contributed by atoms with Gasteiger partial charge in [-0.25, -0.2) is 9.59 Å². The van der Waals surface area contributed by atoms with E-state index in [9.17, 15) is 9.59 Å². The van der Waals surface area contributed by atoms with Gasteiger partial charge in [-0.05, 0) is 30.7 Å². The first-order chi connectivity index (χ1) is 10.1. The fourth-order valence-electron chi connectivity index (χ4n) is 1.69. The number of aromatic nitrogens is 2. The van der Waals surface area contributed by atoms with E-state index < -0.39 is 5.97 Å². The van der Waals surface area contributed by atoms with E-state index in [1.54, 1.807) is 13.0 Å². The number of nitrogens with one attached hydrogen (secondary N) is 2. The van der Waals surface area contributed by atoms with Crippen molar-refractivity contribution in [2.24, 2.45) is 0 Å². The van der Waals surface area contributed by atoms with Crippen LogP contribution in [0.4, 0.5) is 10.5 Å². The molecule has 0 bridgehead atoms. The van der Waals surface area contributed by atoms with Crippen LogP contribution in [-0.4, -0.2) is 33.8 Å². The van der Waals surface area contributed by atoms with E-state index in [0.29, 0.717) is 30.1 Å². The molecule has 110 valence electrons. The number of carbonyl (C=O) groups excluding carboxylic acids is 1. The molecular formula is C13H14N4O4. The third-order valence-corrected chi connectivity index (χ3v) is 2.75. The van der Waals surface area contributed by atoms with Crippen LogP contribution in [-0.2, 0) is 6.42 Å². The molecule has 2 rings (SSSR count). The molecule has 0 radical (unpaired) electrons. The van der Waals surface area contributed by atoms with Gasteiger partial charge in [-0.3, -0.25) is 0 Å². The van der Waals surface area contributed by atoms with Crippen LogP contribution in [0.2, 0.25) is 0 Å². The molecule has 21 heavy (non-hydrogen) atoms. The zero-order valence-corrected chi connectivity index (χ0v) is 11.3. The SMILES string of the molecule is Cc1cc(C(=O)O)ccc1NC(=O)NCCc1ncno1. The Morgan fingerprint density at radius 1 is 1.38 bits per heavy atom. The lowest BCUT2D eigenvalue weighted by Crippen LogP contribution is -2.30. The third-order valence-electron chi connectivity index (χ3n) is 2.75. The number of aromatic carboxylic acids is 1. The monoisotopic (exact) mass is 290 g/mol. The molecule has 0 spiro atoms. The Kier molecular flexibility index (Phi) is 4.50. The van der Waals surface area contributed by atoms with Gasteiger partial charge in [0, 0.05) is 18.7 Å². The Labute approximate surface area is 120 Å². The summed E-state index contributed by atoms with van der Waals surface area (Å²) in [5, 5.41) is 17.6. The normalized spacial score (nSPS) is 10.1. The van der Waals surface area contributed by atoms with Crippen LogP contribution in [0.15, 0.2) is 29.0 Å². The summed E-state index contributed by atoms with van der Waals surface area (Å²) in [5.74, 6) is -0.564. The zero-order chi connectivity index (χ0) is 15.2. The lowest BCUT2D eigenvalue weighted by atomic mass is 10.1. The lowest BCUT2D eigenvalue weighted by molar-refractivity contribution is 0.0697. The summed E-state index contributed by atoms with van der Waals surface area (Å²) in [6.07, 6.45) is 1.73. The van der Waals surface area contributed by atoms with Crippen LogP contribution >= 0.6 is 0 Å². The highest BCUT2D eigenvalue weighted by Crippen LogP contribution is 2.16. The summed E-state index contributed by atoms with van der Waals surface area (Å²) in [6, 6.07) is 4.09. The molecule has 1 aromatic heterocycles. The number of rotatable bonds is 5. The number of carboxylic acids is 1. The van der Waals surface area contributed by atoms with Crippen molar-refractivity contribution in [2.75, 3.05) is 11.9 Å². The average molecular weight is 290 g/mol. The van der Waals surface area contributed by atoms with Crippen LogP contribution in [0.25, 0.3) is 0 Å². The highest BCUT2D eigenvalue weighted by molar-refractivity contribution is 5.92. The van der Waals surface area contributed by atoms with Crippen LogP contribution in [0.5, 0.6) is 0 Å². The van der Waals surface area contributed by atoms with Gasteiger partial charge in [0.05, 0.1) is 5.56 Å². The van der Waals surface area contributed by atoms with E-state index in [0.717, 1.165) is 0 Å². The minimum Gasteiger partial charge on any atom is -0.478 e. The molecule has 8 heteroatoms. The summed E-state index contributed by atoms with van der Waals surface area (Å²) in [7, 11) is 0. The van der Waals surface area contributed by atoms with E-state index in [1.165, 1.54) is 18.5 Å². The van der Waals surface area contributed by atoms with Crippen molar-refractivity contribution in [3.05, 3.63) is 41.5 Å². The van der Waals surface area contributed by atoms with Gasteiger partial charge in [-0.1, -0.05) is 5.16 Å². The van der Waals surface area contributed by atoms with E-state index in [-0.39, 0.29) is 11.6 Å². The largest absolute Gasteiger partial charge is 0.478 e. The summed E-state index contributed by atoms with van der Waals surface area (Å²) >= 11 is 0. The van der Waals surface area contributed by atoms with Crippen molar-refractivity contribution < 1.29 is 19.2 Å². The van der Waals surface area contributed by atoms with E-state index >= 15 is 0 Å². The Morgan fingerprint density at radius 2 is 2.19 bits per heavy atom. The fraction of sp³-hybridized carbons (Fsp3) is 0.231. The van der Waals surface area contributed by atoms with Crippen LogP contribution in [0.1, 0.15) is 21.8 Å². The third kappa shape index (κ3) is 4.03. The molecule has 0 atom stereocenters. The van der Waals surface area contributed by atoms with E-state index in [4.69, 9.17) is 9.63 Å². The number of benzene rings is 1. The number of hydrogen-bond donors (Lipinski definition) is 3. The number of carbonyl (C=O) groups is 2. The second kappa shape index (κ2) is 6.51. The molecule has 0 aliphatic carbocycles. The number of carboxylic acid groups (broad SMARTS) is 1. The van der Waals surface area contributed by atoms with Gasteiger partial charge in [-0.15, -0.1) is 0 Å². The molecule has 8 nitrogen and oxygen atoms in total. The smallest absolute Gasteiger partial charge is 0.335 e. The second-order valence-electron chi connectivity index (χ2n) is 4.30. The van der Waals surface area contributed by atoms with Crippen LogP contribution in [0, 0.1) is 6.92 Å². The molecule has 0 saturated heterocycles. The van der Waals surface area contributed by atoms with Gasteiger partial charge in [-0.2, -0.15) is 4.98 Å². The first kappa shape index (κ1) is 14.5. The van der Waals surface area contributed by atoms with Crippen molar-refractivity contribution in [1.29, 1.82) is 0 Å². The number of anilines is 1. The zero-order valence-electron chi connectivity index (χ0n) is 11.3. The molecule has 2 amide bonds. The Bertz CT molecular complexity index is 640. The molecule has 3 N–H and O–H groups in total. The molecule has 0 aliphatic rings. The number of nitrogens with zero attached hydrogens (tertiary/aromatic N) is 2. The highest BCUT2D eigenvalue weighted by atomic mass is 16.5. The van der Waals surface area contributed by atoms with E-state index in [2.05, 4.69) is 20.8 Å². The predicted molar refractivity (Wildman–Crippen MR) is 73.2 cm³/mol. The number of hydrogen-bond acceptors (Lipinski definition) is 5. The maximum Gasteiger partial charge on any atom is 0.335 e. The average Bonchev–Trinajstić information content (AvgIpc) is 2.94. The first-order valence-electron chi connectivity index (χ1n) is 6.20. The van der Waals surface area contributed by atoms with E-state index in [1.807, 2.05) is 0 Å². The summed E-state index contributed by atoms with van der Waals surface area (Å²) in [6.45, 7) is 2.07. The van der Waals surface area contributed by atoms with Gasteiger partial charge in [0.2, 0.25) is 5.89 Å². The predicted octanol–water partition coefficient (Wildman–Crippen LogP) is 1.44. The molecule has 0 saturated carbocycles. The van der Waals surface area contributed by atoms with Gasteiger partial charge in [0.25, 0.3) is 0 Å². The van der Waals surface area contributed by atoms with Crippen LogP contribution < -0.4 is 10.6 Å². The van der Waals surface area contributed by atoms with Gasteiger partial charge >= 0.3 is 12.0 Å². The Hall–Kier alpha value is -2.90. The molecule has 0 aliphatic heterocycles. The lowest BCUT2D eigenvalue weighted by Gasteiger charge is -2.09. The van der Waals surface area contributed by atoms with Crippen molar-refractivity contribution in [3.63, 3.8) is 0 Å². The molecule has 1 heterocycles. The second-order valence-corrected chi connectivity index (χ2v) is 4.30. The topological polar surface area (TPSA) is 117 Å². The fourth-order valence-corrected chi connectivity index (χ4v) is 1.69. The minimum atomic E-state index is -1.01. The van der Waals surface area contributed by atoms with Crippen molar-refractivity contribution in [3.8, 4) is 0 Å². The van der Waals surface area contributed by atoms with Crippen LogP contribution in [0.3, 0.4) is 0 Å². The van der Waals surface area contributed by atoms with Crippen molar-refractivity contribution >= 4 is 17.7 Å². The van der Waals surface area contributed by atoms with Gasteiger partial charge < -0.3 is 20.3 Å². The van der Waals surface area contributed by atoms with Crippen molar-refractivity contribution in [1.82, 2.24) is 15.5 Å². The van der Waals surface area contributed by atoms with Crippen molar-refractivity contribution in [2.45, 2.75) is 13.3 Å². The maximum absolute atomic E-state index is 11.7. The standard InChI is InChI=1S/C13H14N4O4/c1-8-6-9(12(18)19)2-3-10(8)17-13(20)14-5-4-11-15-7-16-21-11/h2-3,6-7H,4-5H2,1H3,(H,18,19)(H2,14,17,20). The highest BCUT2D eigenvalue weighted by Gasteiger charge is 2.08. The number of aryl methyl sites for hydroxylation is 1. The number of amides is 2. The summed E-state index contributed by atoms with van der Waals surface area (Å²) in [5.41, 5.74) is 1.40. The first-order valence-corrected chi connectivity index (χ1v) is 6.20. The van der Waals surface area contributed by atoms with Gasteiger partial charge in [0.1, 0.15) is 0 Å². The minimum absolute atomic E-state index is 0.176. The summed E-state index contributed by atoms with van der Waals surface area (Å²) in [4.78, 5) is 26.4. The molecule has 0 fully saturated rings. The Morgan fingerprint density at radius 3 is 2.81 bits per heavy atom. The quantitative estimate of drug-likeness (QED) is 0.767. The molecule has 0 unspecified atom stereocenters. The Balaban J connectivity index is 1.86. The number of urea groups is 1. The molecular weight excluding hydrogens is 276 g/mol. The maximum atomic E-state index is 11.7. The molecule has 2 aromatic rings. The molecule has 1 aromatic carbocycles. The van der Waals surface area contributed by atoms with Gasteiger partial charge in [0.15, 0.2) is 6.33 Å². The summed E-state index contributed by atoms with van der Waals surface area (Å²) < 4.78 is 4.80.